The maximum atomic E-state index is 12.3. The van der Waals surface area contributed by atoms with Gasteiger partial charge in [0.05, 0.1) is 0 Å². The third-order valence-electron chi connectivity index (χ3n) is 4.23. The predicted molar refractivity (Wildman–Crippen MR) is 105 cm³/mol. The van der Waals surface area contributed by atoms with E-state index in [4.69, 9.17) is 4.74 Å². The fourth-order valence-corrected chi connectivity index (χ4v) is 2.93. The number of urea groups is 1. The predicted octanol–water partition coefficient (Wildman–Crippen LogP) is 3.38. The van der Waals surface area contributed by atoms with Gasteiger partial charge < -0.3 is 15.4 Å². The number of carbonyl (C=O) groups is 3. The van der Waals surface area contributed by atoms with Gasteiger partial charge in [0.1, 0.15) is 24.1 Å². The van der Waals surface area contributed by atoms with Crippen LogP contribution < -0.4 is 15.4 Å². The lowest BCUT2D eigenvalue weighted by Crippen LogP contribution is -2.38. The lowest BCUT2D eigenvalue weighted by molar-refractivity contribution is -0.131. The molecule has 1 aliphatic heterocycles. The smallest absolute Gasteiger partial charge is 0.325 e. The number of benzene rings is 2. The van der Waals surface area contributed by atoms with Crippen LogP contribution in [0.3, 0.4) is 0 Å². The summed E-state index contributed by atoms with van der Waals surface area (Å²) in [5.41, 5.74) is 0.552. The van der Waals surface area contributed by atoms with Crippen LogP contribution in [0.15, 0.2) is 54.6 Å². The molecule has 1 heterocycles. The number of ether oxygens (including phenoxy) is 1. The first kappa shape index (κ1) is 19.4. The molecule has 3 rings (SSSR count). The van der Waals surface area contributed by atoms with Gasteiger partial charge in [-0.3, -0.25) is 14.5 Å². The second-order valence-electron chi connectivity index (χ2n) is 7.04. The highest BCUT2D eigenvalue weighted by Gasteiger charge is 2.38. The monoisotopic (exact) mass is 381 g/mol. The summed E-state index contributed by atoms with van der Waals surface area (Å²) < 4.78 is 5.70. The Labute approximate surface area is 163 Å². The fraction of sp³-hybridized carbons (Fsp3) is 0.286. The zero-order valence-electron chi connectivity index (χ0n) is 15.8. The van der Waals surface area contributed by atoms with Crippen LogP contribution in [0.4, 0.5) is 10.5 Å². The Kier molecular flexibility index (Phi) is 5.93. The van der Waals surface area contributed by atoms with E-state index in [0.29, 0.717) is 23.6 Å². The highest BCUT2D eigenvalue weighted by Crippen LogP contribution is 2.22. The largest absolute Gasteiger partial charge is 0.457 e. The average Bonchev–Trinajstić information content (AvgIpc) is 2.91. The Morgan fingerprint density at radius 1 is 1.07 bits per heavy atom. The summed E-state index contributed by atoms with van der Waals surface area (Å²) in [6.45, 7) is 3.63. The van der Waals surface area contributed by atoms with Gasteiger partial charge in [-0.15, -0.1) is 0 Å². The van der Waals surface area contributed by atoms with Crippen molar-refractivity contribution in [3.63, 3.8) is 0 Å². The number of hydrogen-bond donors (Lipinski definition) is 2. The van der Waals surface area contributed by atoms with Crippen molar-refractivity contribution in [2.24, 2.45) is 5.92 Å². The van der Waals surface area contributed by atoms with E-state index in [1.165, 1.54) is 0 Å². The van der Waals surface area contributed by atoms with Crippen LogP contribution in [0.1, 0.15) is 20.3 Å². The van der Waals surface area contributed by atoms with E-state index in [-0.39, 0.29) is 18.4 Å². The molecule has 0 aromatic heterocycles. The summed E-state index contributed by atoms with van der Waals surface area (Å²) in [6, 6.07) is 15.1. The normalized spacial score (nSPS) is 16.2. The van der Waals surface area contributed by atoms with Gasteiger partial charge in [0, 0.05) is 5.69 Å². The molecular weight excluding hydrogens is 358 g/mol. The third-order valence-corrected chi connectivity index (χ3v) is 4.23. The van der Waals surface area contributed by atoms with Crippen LogP contribution in [0.25, 0.3) is 0 Å². The molecule has 1 fully saturated rings. The van der Waals surface area contributed by atoms with E-state index in [1.807, 2.05) is 44.2 Å². The topological polar surface area (TPSA) is 87.7 Å². The number of amides is 4. The Morgan fingerprint density at radius 3 is 2.36 bits per heavy atom. The highest BCUT2D eigenvalue weighted by molar-refractivity contribution is 6.07. The molecule has 1 unspecified atom stereocenters. The molecule has 0 radical (unpaired) electrons. The second kappa shape index (κ2) is 8.56. The average molecular weight is 381 g/mol. The van der Waals surface area contributed by atoms with Gasteiger partial charge in [-0.1, -0.05) is 32.0 Å². The van der Waals surface area contributed by atoms with Crippen molar-refractivity contribution in [2.75, 3.05) is 11.9 Å². The minimum atomic E-state index is -0.560. The van der Waals surface area contributed by atoms with Gasteiger partial charge in [-0.2, -0.15) is 0 Å². The number of anilines is 1. The van der Waals surface area contributed by atoms with Crippen LogP contribution in [0.2, 0.25) is 0 Å². The minimum absolute atomic E-state index is 0.264. The van der Waals surface area contributed by atoms with Crippen molar-refractivity contribution in [3.05, 3.63) is 54.6 Å². The van der Waals surface area contributed by atoms with E-state index in [2.05, 4.69) is 10.6 Å². The molecule has 2 aromatic rings. The molecule has 1 saturated heterocycles. The Balaban J connectivity index is 1.55. The number of para-hydroxylation sites is 1. The van der Waals surface area contributed by atoms with Gasteiger partial charge in [-0.05, 0) is 48.7 Å². The van der Waals surface area contributed by atoms with Crippen LogP contribution in [-0.2, 0) is 9.59 Å². The van der Waals surface area contributed by atoms with E-state index < -0.39 is 18.0 Å². The minimum Gasteiger partial charge on any atom is -0.457 e. The van der Waals surface area contributed by atoms with E-state index in [9.17, 15) is 14.4 Å². The standard InChI is InChI=1S/C21H23N3O4/c1-14(2)12-18-20(26)24(21(27)23-18)13-19(25)22-15-8-10-17(11-9-15)28-16-6-4-3-5-7-16/h3-11,14,18H,12-13H2,1-2H3,(H,22,25)(H,23,27). The first-order valence-electron chi connectivity index (χ1n) is 9.17. The summed E-state index contributed by atoms with van der Waals surface area (Å²) in [6.07, 6.45) is 0.547. The quantitative estimate of drug-likeness (QED) is 0.720. The summed E-state index contributed by atoms with van der Waals surface area (Å²) in [4.78, 5) is 37.5. The molecule has 0 bridgehead atoms. The zero-order chi connectivity index (χ0) is 20.1. The number of imide groups is 1. The Bertz CT molecular complexity index is 850. The number of hydrogen-bond acceptors (Lipinski definition) is 4. The molecule has 4 amide bonds. The van der Waals surface area contributed by atoms with E-state index in [0.717, 1.165) is 4.90 Å². The van der Waals surface area contributed by atoms with E-state index in [1.54, 1.807) is 24.3 Å². The number of carbonyl (C=O) groups excluding carboxylic acids is 3. The molecule has 0 aliphatic carbocycles. The molecule has 0 saturated carbocycles. The van der Waals surface area contributed by atoms with Crippen LogP contribution in [0, 0.1) is 5.92 Å². The van der Waals surface area contributed by atoms with Crippen molar-refractivity contribution >= 4 is 23.5 Å². The molecule has 2 N–H and O–H groups in total. The molecule has 2 aromatic carbocycles. The van der Waals surface area contributed by atoms with E-state index >= 15 is 0 Å². The zero-order valence-corrected chi connectivity index (χ0v) is 15.8. The van der Waals surface area contributed by atoms with Crippen LogP contribution in [-0.4, -0.2) is 35.3 Å². The van der Waals surface area contributed by atoms with Crippen molar-refractivity contribution < 1.29 is 19.1 Å². The van der Waals surface area contributed by atoms with Gasteiger partial charge in [-0.25, -0.2) is 4.79 Å². The summed E-state index contributed by atoms with van der Waals surface area (Å²) in [7, 11) is 0. The first-order chi connectivity index (χ1) is 13.4. The maximum Gasteiger partial charge on any atom is 0.325 e. The molecule has 28 heavy (non-hydrogen) atoms. The van der Waals surface area contributed by atoms with Crippen LogP contribution >= 0.6 is 0 Å². The highest BCUT2D eigenvalue weighted by atomic mass is 16.5. The summed E-state index contributed by atoms with van der Waals surface area (Å²) in [5, 5.41) is 5.31. The SMILES string of the molecule is CC(C)CC1NC(=O)N(CC(=O)Nc2ccc(Oc3ccccc3)cc2)C1=O. The molecule has 7 heteroatoms. The van der Waals surface area contributed by atoms with Crippen molar-refractivity contribution in [3.8, 4) is 11.5 Å². The van der Waals surface area contributed by atoms with Crippen molar-refractivity contribution in [2.45, 2.75) is 26.3 Å². The van der Waals surface area contributed by atoms with Gasteiger partial charge >= 0.3 is 6.03 Å². The number of rotatable bonds is 7. The van der Waals surface area contributed by atoms with Gasteiger partial charge in [0.2, 0.25) is 5.91 Å². The summed E-state index contributed by atoms with van der Waals surface area (Å²) >= 11 is 0. The lowest BCUT2D eigenvalue weighted by Gasteiger charge is -2.14. The molecule has 1 atom stereocenters. The molecular formula is C21H23N3O4. The first-order valence-corrected chi connectivity index (χ1v) is 9.17. The number of nitrogens with zero attached hydrogens (tertiary/aromatic N) is 1. The Hall–Kier alpha value is -3.35. The van der Waals surface area contributed by atoms with Crippen LogP contribution in [0.5, 0.6) is 11.5 Å². The summed E-state index contributed by atoms with van der Waals surface area (Å²) in [5.74, 6) is 0.814. The second-order valence-corrected chi connectivity index (χ2v) is 7.04. The lowest BCUT2D eigenvalue weighted by atomic mass is 10.0. The fourth-order valence-electron chi connectivity index (χ4n) is 2.93. The molecule has 0 spiro atoms. The molecule has 1 aliphatic rings. The van der Waals surface area contributed by atoms with Crippen molar-refractivity contribution in [1.29, 1.82) is 0 Å². The maximum absolute atomic E-state index is 12.3. The van der Waals surface area contributed by atoms with Gasteiger partial charge in [0.25, 0.3) is 5.91 Å². The van der Waals surface area contributed by atoms with Crippen molar-refractivity contribution in [1.82, 2.24) is 10.2 Å². The Morgan fingerprint density at radius 2 is 1.71 bits per heavy atom. The third kappa shape index (κ3) is 4.88. The van der Waals surface area contributed by atoms with Gasteiger partial charge in [0.15, 0.2) is 0 Å². The number of nitrogens with one attached hydrogen (secondary N) is 2. The molecule has 7 nitrogen and oxygen atoms in total. The molecule has 146 valence electrons.